The van der Waals surface area contributed by atoms with Crippen molar-refractivity contribution in [3.8, 4) is 0 Å². The van der Waals surface area contributed by atoms with Gasteiger partial charge in [0.25, 0.3) is 10.0 Å². The summed E-state index contributed by atoms with van der Waals surface area (Å²) in [4.78, 5) is 11.9. The summed E-state index contributed by atoms with van der Waals surface area (Å²) in [5.74, 6) is 0.126. The quantitative estimate of drug-likeness (QED) is 0.841. The molecule has 1 aliphatic rings. The second kappa shape index (κ2) is 4.94. The van der Waals surface area contributed by atoms with Gasteiger partial charge in [0.2, 0.25) is 5.91 Å². The van der Waals surface area contributed by atoms with Gasteiger partial charge in [0.1, 0.15) is 0 Å². The van der Waals surface area contributed by atoms with Gasteiger partial charge in [-0.2, -0.15) is 0 Å². The number of rotatable bonds is 3. The summed E-state index contributed by atoms with van der Waals surface area (Å²) in [7, 11) is -3.69. The number of thiophene rings is 1. The Morgan fingerprint density at radius 1 is 1.50 bits per heavy atom. The van der Waals surface area contributed by atoms with Crippen LogP contribution in [0.3, 0.4) is 0 Å². The van der Waals surface area contributed by atoms with Crippen LogP contribution in [0.25, 0.3) is 0 Å². The minimum absolute atomic E-state index is 0.117. The van der Waals surface area contributed by atoms with E-state index in [0.717, 1.165) is 15.6 Å². The summed E-state index contributed by atoms with van der Waals surface area (Å²) in [6.45, 7) is 4.31. The van der Waals surface area contributed by atoms with Crippen LogP contribution in [0.15, 0.2) is 20.1 Å². The minimum Gasteiger partial charge on any atom is -0.274 e. The molecule has 1 saturated heterocycles. The zero-order valence-corrected chi connectivity index (χ0v) is 13.3. The fraction of sp³-hybridized carbons (Fsp3) is 0.545. The number of hydrogen-bond acceptors (Lipinski definition) is 4. The van der Waals surface area contributed by atoms with Gasteiger partial charge < -0.3 is 0 Å². The van der Waals surface area contributed by atoms with Gasteiger partial charge in [-0.25, -0.2) is 12.7 Å². The lowest BCUT2D eigenvalue weighted by molar-refractivity contribution is -0.123. The number of hydrogen-bond donors (Lipinski definition) is 0. The predicted molar refractivity (Wildman–Crippen MR) is 73.9 cm³/mol. The van der Waals surface area contributed by atoms with Gasteiger partial charge in [-0.15, -0.1) is 11.3 Å². The predicted octanol–water partition coefficient (Wildman–Crippen LogP) is 2.70. The summed E-state index contributed by atoms with van der Waals surface area (Å²) < 4.78 is 26.5. The van der Waals surface area contributed by atoms with E-state index in [4.69, 9.17) is 0 Å². The highest BCUT2D eigenvalue weighted by molar-refractivity contribution is 9.10. The maximum absolute atomic E-state index is 12.4. The van der Waals surface area contributed by atoms with E-state index in [2.05, 4.69) is 15.9 Å². The third-order valence-corrected chi connectivity index (χ3v) is 7.60. The largest absolute Gasteiger partial charge is 0.277 e. The van der Waals surface area contributed by atoms with E-state index >= 15 is 0 Å². The Balaban J connectivity index is 2.33. The molecule has 4 nitrogen and oxygen atoms in total. The summed E-state index contributed by atoms with van der Waals surface area (Å²) >= 11 is 4.33. The molecule has 7 heteroatoms. The first-order chi connectivity index (χ1) is 8.34. The smallest absolute Gasteiger partial charge is 0.274 e. The minimum atomic E-state index is -3.69. The second-order valence-electron chi connectivity index (χ2n) is 4.69. The van der Waals surface area contributed by atoms with E-state index in [9.17, 15) is 13.2 Å². The molecule has 1 fully saturated rings. The van der Waals surface area contributed by atoms with Crippen LogP contribution in [0.4, 0.5) is 0 Å². The normalized spacial score (nSPS) is 21.0. The van der Waals surface area contributed by atoms with Crippen LogP contribution in [-0.4, -0.2) is 25.2 Å². The standard InChI is InChI=1S/C11H14BrNO3S2/c1-7(2)8-5-10(14)13(6-8)18(15,16)11-9(12)3-4-17-11/h3-4,7-8H,5-6H2,1-2H3. The van der Waals surface area contributed by atoms with E-state index in [-0.39, 0.29) is 16.0 Å². The van der Waals surface area contributed by atoms with E-state index in [1.54, 1.807) is 11.4 Å². The first-order valence-electron chi connectivity index (χ1n) is 5.62. The Morgan fingerprint density at radius 3 is 2.61 bits per heavy atom. The molecule has 0 bridgehead atoms. The molecule has 0 radical (unpaired) electrons. The molecule has 1 aliphatic heterocycles. The highest BCUT2D eigenvalue weighted by Crippen LogP contribution is 2.34. The molecule has 1 unspecified atom stereocenters. The van der Waals surface area contributed by atoms with Crippen LogP contribution >= 0.6 is 27.3 Å². The average molecular weight is 352 g/mol. The number of nitrogens with zero attached hydrogens (tertiary/aromatic N) is 1. The van der Waals surface area contributed by atoms with Gasteiger partial charge in [0, 0.05) is 17.4 Å². The molecule has 18 heavy (non-hydrogen) atoms. The third-order valence-electron chi connectivity index (χ3n) is 3.17. The third kappa shape index (κ3) is 2.35. The molecule has 0 spiro atoms. The van der Waals surface area contributed by atoms with Crippen molar-refractivity contribution >= 4 is 43.2 Å². The lowest BCUT2D eigenvalue weighted by atomic mass is 9.95. The van der Waals surface area contributed by atoms with Crippen LogP contribution in [0.2, 0.25) is 0 Å². The molecular formula is C11H14BrNO3S2. The van der Waals surface area contributed by atoms with E-state index in [1.165, 1.54) is 0 Å². The van der Waals surface area contributed by atoms with E-state index in [0.29, 0.717) is 23.4 Å². The van der Waals surface area contributed by atoms with Gasteiger partial charge in [-0.1, -0.05) is 13.8 Å². The van der Waals surface area contributed by atoms with Crippen molar-refractivity contribution < 1.29 is 13.2 Å². The number of carbonyl (C=O) groups excluding carboxylic acids is 1. The molecule has 1 aromatic heterocycles. The van der Waals surface area contributed by atoms with Gasteiger partial charge >= 0.3 is 0 Å². The van der Waals surface area contributed by atoms with Crippen molar-refractivity contribution in [3.63, 3.8) is 0 Å². The number of halogens is 1. The highest BCUT2D eigenvalue weighted by atomic mass is 79.9. The zero-order valence-electron chi connectivity index (χ0n) is 10.1. The van der Waals surface area contributed by atoms with Gasteiger partial charge in [0.15, 0.2) is 4.21 Å². The van der Waals surface area contributed by atoms with Crippen molar-refractivity contribution in [3.05, 3.63) is 15.9 Å². The molecule has 2 heterocycles. The molecule has 1 aromatic rings. The maximum atomic E-state index is 12.4. The van der Waals surface area contributed by atoms with Gasteiger partial charge in [0.05, 0.1) is 0 Å². The van der Waals surface area contributed by atoms with E-state index < -0.39 is 10.0 Å². The lowest BCUT2D eigenvalue weighted by Gasteiger charge is -2.17. The van der Waals surface area contributed by atoms with Crippen LogP contribution in [-0.2, 0) is 14.8 Å². The summed E-state index contributed by atoms with van der Waals surface area (Å²) in [6, 6.07) is 1.68. The summed E-state index contributed by atoms with van der Waals surface area (Å²) in [6.07, 6.45) is 0.319. The first-order valence-corrected chi connectivity index (χ1v) is 8.74. The number of amides is 1. The molecule has 0 aromatic carbocycles. The average Bonchev–Trinajstić information content (AvgIpc) is 2.84. The van der Waals surface area contributed by atoms with Crippen molar-refractivity contribution in [2.75, 3.05) is 6.54 Å². The fourth-order valence-electron chi connectivity index (χ4n) is 1.95. The Morgan fingerprint density at radius 2 is 2.17 bits per heavy atom. The topological polar surface area (TPSA) is 54.5 Å². The van der Waals surface area contributed by atoms with Crippen molar-refractivity contribution in [1.29, 1.82) is 0 Å². The van der Waals surface area contributed by atoms with Crippen LogP contribution in [0, 0.1) is 11.8 Å². The summed E-state index contributed by atoms with van der Waals surface area (Å²) in [5.41, 5.74) is 0. The monoisotopic (exact) mass is 351 g/mol. The van der Waals surface area contributed by atoms with Crippen LogP contribution in [0.1, 0.15) is 20.3 Å². The van der Waals surface area contributed by atoms with Crippen LogP contribution < -0.4 is 0 Å². The number of sulfonamides is 1. The SMILES string of the molecule is CC(C)C1CC(=O)N(S(=O)(=O)c2sccc2Br)C1. The van der Waals surface area contributed by atoms with Gasteiger partial charge in [-0.05, 0) is 39.2 Å². The first kappa shape index (κ1) is 14.0. The van der Waals surface area contributed by atoms with Crippen molar-refractivity contribution in [1.82, 2.24) is 4.31 Å². The Labute approximate surface area is 119 Å². The van der Waals surface area contributed by atoms with Crippen molar-refractivity contribution in [2.45, 2.75) is 24.5 Å². The molecule has 0 aliphatic carbocycles. The second-order valence-corrected chi connectivity index (χ2v) is 8.52. The molecular weight excluding hydrogens is 338 g/mol. The Kier molecular flexibility index (Phi) is 3.85. The highest BCUT2D eigenvalue weighted by Gasteiger charge is 2.40. The van der Waals surface area contributed by atoms with E-state index in [1.807, 2.05) is 13.8 Å². The molecule has 100 valence electrons. The molecule has 0 N–H and O–H groups in total. The Bertz CT molecular complexity index is 565. The molecule has 2 rings (SSSR count). The molecule has 1 amide bonds. The molecule has 1 atom stereocenters. The lowest BCUT2D eigenvalue weighted by Crippen LogP contribution is -2.32. The Hall–Kier alpha value is -0.400. The molecule has 0 saturated carbocycles. The summed E-state index contributed by atoms with van der Waals surface area (Å²) in [5, 5.41) is 1.69. The fourth-order valence-corrected chi connectivity index (χ4v) is 5.83. The maximum Gasteiger partial charge on any atom is 0.277 e. The van der Waals surface area contributed by atoms with Crippen LogP contribution in [0.5, 0.6) is 0 Å². The van der Waals surface area contributed by atoms with Crippen molar-refractivity contribution in [2.24, 2.45) is 11.8 Å². The zero-order chi connectivity index (χ0) is 13.5. The van der Waals surface area contributed by atoms with Gasteiger partial charge in [-0.3, -0.25) is 4.79 Å². The number of carbonyl (C=O) groups is 1.